The molecular weight excluding hydrogens is 238 g/mol. The van der Waals surface area contributed by atoms with Crippen LogP contribution < -0.4 is 4.74 Å². The van der Waals surface area contributed by atoms with Gasteiger partial charge in [0.05, 0.1) is 29.2 Å². The van der Waals surface area contributed by atoms with Crippen molar-refractivity contribution in [1.29, 1.82) is 5.26 Å². The second-order valence-corrected chi connectivity index (χ2v) is 3.64. The second kappa shape index (κ2) is 5.14. The molecule has 0 aliphatic rings. The van der Waals surface area contributed by atoms with Crippen molar-refractivity contribution in [2.45, 2.75) is 0 Å². The minimum atomic E-state index is -0.688. The Balaban J connectivity index is 3.58. The third-order valence-electron chi connectivity index (χ3n) is 2.24. The van der Waals surface area contributed by atoms with Crippen LogP contribution in [0.5, 0.6) is 5.75 Å². The number of nitriles is 1. The molecule has 0 fully saturated rings. The van der Waals surface area contributed by atoms with E-state index in [9.17, 15) is 14.9 Å². The average Bonchev–Trinajstić information content (AvgIpc) is 2.35. The van der Waals surface area contributed by atoms with E-state index in [1.165, 1.54) is 32.2 Å². The number of hydrogen-bond acceptors (Lipinski definition) is 5. The molecule has 0 N–H and O–H groups in total. The fourth-order valence-electron chi connectivity index (χ4n) is 1.43. The van der Waals surface area contributed by atoms with Crippen molar-refractivity contribution in [3.63, 3.8) is 0 Å². The number of methoxy groups -OCH3 is 1. The van der Waals surface area contributed by atoms with Gasteiger partial charge in [-0.2, -0.15) is 5.26 Å². The van der Waals surface area contributed by atoms with Gasteiger partial charge in [-0.3, -0.25) is 14.9 Å². The highest BCUT2D eigenvalue weighted by Crippen LogP contribution is 2.32. The Morgan fingerprint density at radius 1 is 1.50 bits per heavy atom. The van der Waals surface area contributed by atoms with Gasteiger partial charge in [0.2, 0.25) is 5.75 Å². The van der Waals surface area contributed by atoms with Crippen LogP contribution >= 0.6 is 0 Å². The van der Waals surface area contributed by atoms with Gasteiger partial charge in [0.15, 0.2) is 0 Å². The van der Waals surface area contributed by atoms with E-state index < -0.39 is 16.5 Å². The number of carbonyl (C=O) groups is 1. The van der Waals surface area contributed by atoms with Gasteiger partial charge in [-0.15, -0.1) is 0 Å². The monoisotopic (exact) mass is 249 g/mol. The van der Waals surface area contributed by atoms with Gasteiger partial charge in [-0.1, -0.05) is 0 Å². The molecule has 1 amide bonds. The first-order chi connectivity index (χ1) is 8.42. The van der Waals surface area contributed by atoms with Crippen LogP contribution in [0, 0.1) is 21.4 Å². The number of benzene rings is 1. The maximum atomic E-state index is 11.9. The number of nitro groups is 1. The summed E-state index contributed by atoms with van der Waals surface area (Å²) in [6, 6.07) is 4.12. The lowest BCUT2D eigenvalue weighted by molar-refractivity contribution is -0.385. The van der Waals surface area contributed by atoms with Gasteiger partial charge >= 0.3 is 5.69 Å². The normalized spacial score (nSPS) is 9.44. The standard InChI is InChI=1S/C11H11N3O4/c1-13(2)11(15)8-4-7(6-12)5-9(14(16)17)10(8)18-3/h4-5H,1-3H3. The van der Waals surface area contributed by atoms with E-state index in [2.05, 4.69) is 0 Å². The van der Waals surface area contributed by atoms with Crippen LogP contribution in [0.15, 0.2) is 12.1 Å². The predicted molar refractivity (Wildman–Crippen MR) is 62.4 cm³/mol. The summed E-state index contributed by atoms with van der Waals surface area (Å²) in [5.41, 5.74) is -0.372. The van der Waals surface area contributed by atoms with Crippen LogP contribution in [0.1, 0.15) is 15.9 Å². The molecular formula is C11H11N3O4. The highest BCUT2D eigenvalue weighted by atomic mass is 16.6. The Kier molecular flexibility index (Phi) is 3.84. The molecule has 7 nitrogen and oxygen atoms in total. The van der Waals surface area contributed by atoms with Crippen LogP contribution in [-0.4, -0.2) is 36.9 Å². The second-order valence-electron chi connectivity index (χ2n) is 3.64. The predicted octanol–water partition coefficient (Wildman–Crippen LogP) is 1.18. The number of carbonyl (C=O) groups excluding carboxylic acids is 1. The summed E-state index contributed by atoms with van der Waals surface area (Å²) in [4.78, 5) is 23.3. The summed E-state index contributed by atoms with van der Waals surface area (Å²) >= 11 is 0. The van der Waals surface area contributed by atoms with Gasteiger partial charge in [-0.05, 0) is 6.07 Å². The quantitative estimate of drug-likeness (QED) is 0.591. The number of rotatable bonds is 3. The summed E-state index contributed by atoms with van der Waals surface area (Å²) in [5, 5.41) is 19.7. The lowest BCUT2D eigenvalue weighted by Gasteiger charge is -2.13. The number of nitro benzene ring substituents is 1. The lowest BCUT2D eigenvalue weighted by atomic mass is 10.1. The third-order valence-corrected chi connectivity index (χ3v) is 2.24. The maximum absolute atomic E-state index is 11.9. The molecule has 0 aliphatic heterocycles. The van der Waals surface area contributed by atoms with E-state index in [-0.39, 0.29) is 16.9 Å². The van der Waals surface area contributed by atoms with Gasteiger partial charge in [0, 0.05) is 20.2 Å². The molecule has 1 aromatic carbocycles. The van der Waals surface area contributed by atoms with Gasteiger partial charge < -0.3 is 9.64 Å². The van der Waals surface area contributed by atoms with E-state index in [0.717, 1.165) is 6.07 Å². The van der Waals surface area contributed by atoms with Crippen LogP contribution in [0.3, 0.4) is 0 Å². The fraction of sp³-hybridized carbons (Fsp3) is 0.273. The lowest BCUT2D eigenvalue weighted by Crippen LogP contribution is -2.22. The topological polar surface area (TPSA) is 96.5 Å². The van der Waals surface area contributed by atoms with E-state index in [0.29, 0.717) is 0 Å². The number of nitrogens with zero attached hydrogens (tertiary/aromatic N) is 3. The molecule has 0 aromatic heterocycles. The summed E-state index contributed by atoms with van der Waals surface area (Å²) in [6.45, 7) is 0. The largest absolute Gasteiger partial charge is 0.490 e. The molecule has 18 heavy (non-hydrogen) atoms. The molecule has 94 valence electrons. The van der Waals surface area contributed by atoms with Crippen molar-refractivity contribution < 1.29 is 14.5 Å². The van der Waals surface area contributed by atoms with Crippen LogP contribution in [0.25, 0.3) is 0 Å². The highest BCUT2D eigenvalue weighted by Gasteiger charge is 2.25. The summed E-state index contributed by atoms with van der Waals surface area (Å²) in [6.07, 6.45) is 0. The van der Waals surface area contributed by atoms with Crippen molar-refractivity contribution in [3.05, 3.63) is 33.4 Å². The van der Waals surface area contributed by atoms with Crippen molar-refractivity contribution in [3.8, 4) is 11.8 Å². The van der Waals surface area contributed by atoms with Gasteiger partial charge in [0.1, 0.15) is 0 Å². The van der Waals surface area contributed by atoms with Crippen LogP contribution in [-0.2, 0) is 0 Å². The highest BCUT2D eigenvalue weighted by molar-refractivity contribution is 5.98. The molecule has 0 unspecified atom stereocenters. The zero-order valence-corrected chi connectivity index (χ0v) is 10.1. The number of ether oxygens (including phenoxy) is 1. The van der Waals surface area contributed by atoms with E-state index in [1.54, 1.807) is 6.07 Å². The molecule has 0 saturated carbocycles. The average molecular weight is 249 g/mol. The Morgan fingerprint density at radius 2 is 2.11 bits per heavy atom. The third kappa shape index (κ3) is 2.38. The maximum Gasteiger partial charge on any atom is 0.313 e. The van der Waals surface area contributed by atoms with Crippen molar-refractivity contribution >= 4 is 11.6 Å². The van der Waals surface area contributed by atoms with Crippen molar-refractivity contribution in [1.82, 2.24) is 4.90 Å². The molecule has 0 heterocycles. The Hall–Kier alpha value is -2.62. The minimum Gasteiger partial charge on any atom is -0.490 e. The molecule has 0 aliphatic carbocycles. The number of amides is 1. The zero-order chi connectivity index (χ0) is 13.9. The van der Waals surface area contributed by atoms with E-state index >= 15 is 0 Å². The van der Waals surface area contributed by atoms with Crippen molar-refractivity contribution in [2.75, 3.05) is 21.2 Å². The molecule has 0 bridgehead atoms. The summed E-state index contributed by atoms with van der Waals surface area (Å²) in [5.74, 6) is -0.607. The van der Waals surface area contributed by atoms with Gasteiger partial charge in [-0.25, -0.2) is 0 Å². The van der Waals surface area contributed by atoms with Crippen LogP contribution in [0.2, 0.25) is 0 Å². The molecule has 1 rings (SSSR count). The SMILES string of the molecule is COc1c(C(=O)N(C)C)cc(C#N)cc1[N+](=O)[O-]. The van der Waals surface area contributed by atoms with Crippen LogP contribution in [0.4, 0.5) is 5.69 Å². The zero-order valence-electron chi connectivity index (χ0n) is 10.1. The van der Waals surface area contributed by atoms with Crippen molar-refractivity contribution in [2.24, 2.45) is 0 Å². The molecule has 1 aromatic rings. The number of hydrogen-bond donors (Lipinski definition) is 0. The Labute approximate surface area is 103 Å². The molecule has 0 radical (unpaired) electrons. The fourth-order valence-corrected chi connectivity index (χ4v) is 1.43. The van der Waals surface area contributed by atoms with E-state index in [1.807, 2.05) is 0 Å². The smallest absolute Gasteiger partial charge is 0.313 e. The first kappa shape index (κ1) is 13.4. The minimum absolute atomic E-state index is 0.00625. The Morgan fingerprint density at radius 3 is 2.50 bits per heavy atom. The Bertz CT molecular complexity index is 546. The molecule has 0 atom stereocenters. The summed E-state index contributed by atoms with van der Waals surface area (Å²) in [7, 11) is 4.25. The molecule has 0 spiro atoms. The first-order valence-electron chi connectivity index (χ1n) is 4.90. The first-order valence-corrected chi connectivity index (χ1v) is 4.90. The molecule has 0 saturated heterocycles. The van der Waals surface area contributed by atoms with E-state index in [4.69, 9.17) is 10.00 Å². The van der Waals surface area contributed by atoms with Gasteiger partial charge in [0.25, 0.3) is 5.91 Å². The molecule has 7 heteroatoms. The summed E-state index contributed by atoms with van der Waals surface area (Å²) < 4.78 is 4.91.